The molecule has 0 aromatic heterocycles. The van der Waals surface area contributed by atoms with Crippen LogP contribution in [0, 0.1) is 0 Å². The zero-order valence-corrected chi connectivity index (χ0v) is 20.0. The number of rotatable bonds is 16. The molecule has 0 unspecified atom stereocenters. The van der Waals surface area contributed by atoms with E-state index in [0.29, 0.717) is 52.8 Å². The molecule has 9 heteroatoms. The highest BCUT2D eigenvalue weighted by molar-refractivity contribution is 5.81. The van der Waals surface area contributed by atoms with Gasteiger partial charge in [0, 0.05) is 6.54 Å². The van der Waals surface area contributed by atoms with Crippen molar-refractivity contribution in [2.75, 3.05) is 66.5 Å². The first-order valence-corrected chi connectivity index (χ1v) is 11.7. The number of carboxylic acids is 1. The van der Waals surface area contributed by atoms with Crippen molar-refractivity contribution < 1.29 is 38.4 Å². The molecule has 2 aromatic rings. The van der Waals surface area contributed by atoms with Crippen LogP contribution in [0.3, 0.4) is 0 Å². The van der Waals surface area contributed by atoms with Gasteiger partial charge < -0.3 is 28.8 Å². The molecule has 0 spiro atoms. The van der Waals surface area contributed by atoms with E-state index in [4.69, 9.17) is 28.8 Å². The summed E-state index contributed by atoms with van der Waals surface area (Å²) in [4.78, 5) is 24.7. The van der Waals surface area contributed by atoms with Crippen molar-refractivity contribution in [1.82, 2.24) is 4.90 Å². The van der Waals surface area contributed by atoms with Crippen molar-refractivity contribution in [1.29, 1.82) is 0 Å². The van der Waals surface area contributed by atoms with Gasteiger partial charge in [0.1, 0.15) is 0 Å². The van der Waals surface area contributed by atoms with Crippen LogP contribution in [0.15, 0.2) is 48.5 Å². The molecule has 0 radical (unpaired) electrons. The molecule has 1 amide bonds. The van der Waals surface area contributed by atoms with Crippen molar-refractivity contribution in [3.05, 3.63) is 59.7 Å². The smallest absolute Gasteiger partial charge is 0.410 e. The third kappa shape index (κ3) is 7.76. The first-order chi connectivity index (χ1) is 17.1. The quantitative estimate of drug-likeness (QED) is 0.360. The van der Waals surface area contributed by atoms with E-state index < -0.39 is 12.1 Å². The zero-order valence-electron chi connectivity index (χ0n) is 20.0. The Bertz CT molecular complexity index is 905. The summed E-state index contributed by atoms with van der Waals surface area (Å²) in [6, 6.07) is 16.0. The molecule has 0 aliphatic heterocycles. The molecule has 0 bridgehead atoms. The Morgan fingerprint density at radius 2 is 1.20 bits per heavy atom. The minimum Gasteiger partial charge on any atom is -0.481 e. The lowest BCUT2D eigenvalue weighted by Gasteiger charge is -2.29. The lowest BCUT2D eigenvalue weighted by Crippen LogP contribution is -2.37. The molecule has 9 nitrogen and oxygen atoms in total. The molecule has 2 aromatic carbocycles. The first-order valence-electron chi connectivity index (χ1n) is 11.7. The van der Waals surface area contributed by atoms with Crippen molar-refractivity contribution in [2.45, 2.75) is 12.5 Å². The zero-order chi connectivity index (χ0) is 24.9. The van der Waals surface area contributed by atoms with Crippen LogP contribution in [0.4, 0.5) is 4.79 Å². The number of ether oxygens (including phenoxy) is 5. The third-order valence-corrected chi connectivity index (χ3v) is 5.57. The van der Waals surface area contributed by atoms with Crippen LogP contribution < -0.4 is 0 Å². The Morgan fingerprint density at radius 3 is 1.69 bits per heavy atom. The standard InChI is InChI=1S/C26H33NO8/c1-31-26(30)27(25-22-8-4-2-6-20(22)21-7-3-5-9-23(21)25)11-13-33-15-17-35-19-18-34-16-14-32-12-10-24(28)29/h2-9,25H,10-19H2,1H3,(H,28,29). The van der Waals surface area contributed by atoms with Gasteiger partial charge in [0.05, 0.1) is 72.4 Å². The topological polar surface area (TPSA) is 104 Å². The van der Waals surface area contributed by atoms with Crippen LogP contribution in [-0.4, -0.2) is 88.6 Å². The fourth-order valence-electron chi connectivity index (χ4n) is 3.99. The van der Waals surface area contributed by atoms with Crippen molar-refractivity contribution >= 4 is 12.1 Å². The molecule has 0 heterocycles. The largest absolute Gasteiger partial charge is 0.481 e. The van der Waals surface area contributed by atoms with E-state index in [1.807, 2.05) is 24.3 Å². The minimum absolute atomic E-state index is 0.0122. The first kappa shape index (κ1) is 26.6. The lowest BCUT2D eigenvalue weighted by molar-refractivity contribution is -0.138. The van der Waals surface area contributed by atoms with E-state index >= 15 is 0 Å². The Hall–Kier alpha value is -2.98. The predicted octanol–water partition coefficient (Wildman–Crippen LogP) is 3.37. The fraction of sp³-hybridized carbons (Fsp3) is 0.462. The van der Waals surface area contributed by atoms with Gasteiger partial charge in [0.25, 0.3) is 0 Å². The Morgan fingerprint density at radius 1 is 0.743 bits per heavy atom. The molecule has 1 aliphatic carbocycles. The number of benzene rings is 2. The molecule has 190 valence electrons. The van der Waals surface area contributed by atoms with Crippen LogP contribution in [-0.2, 0) is 28.5 Å². The maximum absolute atomic E-state index is 12.7. The summed E-state index contributed by atoms with van der Waals surface area (Å²) in [7, 11) is 1.39. The number of carbonyl (C=O) groups excluding carboxylic acids is 1. The number of hydrogen-bond donors (Lipinski definition) is 1. The van der Waals surface area contributed by atoms with Crippen LogP contribution >= 0.6 is 0 Å². The van der Waals surface area contributed by atoms with Crippen LogP contribution in [0.5, 0.6) is 0 Å². The second-order valence-electron chi connectivity index (χ2n) is 7.83. The number of nitrogens with zero attached hydrogens (tertiary/aromatic N) is 1. The Labute approximate surface area is 205 Å². The van der Waals surface area contributed by atoms with Gasteiger partial charge >= 0.3 is 12.1 Å². The van der Waals surface area contributed by atoms with Crippen LogP contribution in [0.2, 0.25) is 0 Å². The summed E-state index contributed by atoms with van der Waals surface area (Å²) in [6.45, 7) is 3.28. The van der Waals surface area contributed by atoms with Gasteiger partial charge in [0.15, 0.2) is 0 Å². The maximum atomic E-state index is 12.7. The monoisotopic (exact) mass is 487 g/mol. The average Bonchev–Trinajstić information content (AvgIpc) is 3.20. The molecule has 1 aliphatic rings. The second kappa shape index (κ2) is 14.4. The summed E-state index contributed by atoms with van der Waals surface area (Å²) in [5, 5.41) is 8.51. The highest BCUT2D eigenvalue weighted by Gasteiger charge is 2.35. The van der Waals surface area contributed by atoms with Gasteiger partial charge in [-0.05, 0) is 22.3 Å². The van der Waals surface area contributed by atoms with Crippen molar-refractivity contribution in [3.8, 4) is 11.1 Å². The number of carboxylic acid groups (broad SMARTS) is 1. The molecule has 1 N–H and O–H groups in total. The number of carbonyl (C=O) groups is 2. The van der Waals surface area contributed by atoms with Gasteiger partial charge in [-0.2, -0.15) is 0 Å². The summed E-state index contributed by atoms with van der Waals surface area (Å²) < 4.78 is 26.8. The molecule has 35 heavy (non-hydrogen) atoms. The third-order valence-electron chi connectivity index (χ3n) is 5.57. The van der Waals surface area contributed by atoms with Gasteiger partial charge in [-0.1, -0.05) is 48.5 Å². The summed E-state index contributed by atoms with van der Waals surface area (Å²) in [6.07, 6.45) is -0.410. The van der Waals surface area contributed by atoms with Crippen molar-refractivity contribution in [2.24, 2.45) is 0 Å². The number of amides is 1. The highest BCUT2D eigenvalue weighted by atomic mass is 16.6. The predicted molar refractivity (Wildman–Crippen MR) is 128 cm³/mol. The molecule has 0 fully saturated rings. The number of fused-ring (bicyclic) bond motifs is 3. The van der Waals surface area contributed by atoms with Crippen molar-refractivity contribution in [3.63, 3.8) is 0 Å². The van der Waals surface area contributed by atoms with E-state index in [2.05, 4.69) is 24.3 Å². The SMILES string of the molecule is COC(=O)N(CCOCCOCCOCCOCCC(=O)O)C1c2ccccc2-c2ccccc21. The summed E-state index contributed by atoms with van der Waals surface area (Å²) in [5.74, 6) is -0.881. The Balaban J connectivity index is 1.36. The van der Waals surface area contributed by atoms with Gasteiger partial charge in [0.2, 0.25) is 0 Å². The average molecular weight is 488 g/mol. The molecule has 0 atom stereocenters. The van der Waals surface area contributed by atoms with Gasteiger partial charge in [-0.15, -0.1) is 0 Å². The molecule has 3 rings (SSSR count). The van der Waals surface area contributed by atoms with Crippen LogP contribution in [0.25, 0.3) is 11.1 Å². The minimum atomic E-state index is -0.881. The second-order valence-corrected chi connectivity index (χ2v) is 7.83. The normalized spacial score (nSPS) is 12.3. The maximum Gasteiger partial charge on any atom is 0.410 e. The number of hydrogen-bond acceptors (Lipinski definition) is 7. The molecule has 0 saturated carbocycles. The Kier molecular flexibility index (Phi) is 11.0. The highest BCUT2D eigenvalue weighted by Crippen LogP contribution is 2.46. The van der Waals surface area contributed by atoms with Gasteiger partial charge in [-0.25, -0.2) is 4.79 Å². The van der Waals surface area contributed by atoms with E-state index in [9.17, 15) is 9.59 Å². The van der Waals surface area contributed by atoms with E-state index in [1.54, 1.807) is 4.90 Å². The summed E-state index contributed by atoms with van der Waals surface area (Å²) in [5.41, 5.74) is 4.42. The number of methoxy groups -OCH3 is 1. The van der Waals surface area contributed by atoms with E-state index in [0.717, 1.165) is 22.3 Å². The molecular weight excluding hydrogens is 454 g/mol. The molecular formula is C26H33NO8. The number of aliphatic carboxylic acids is 1. The van der Waals surface area contributed by atoms with Gasteiger partial charge in [-0.3, -0.25) is 9.69 Å². The van der Waals surface area contributed by atoms with Crippen LogP contribution in [0.1, 0.15) is 23.6 Å². The summed E-state index contributed by atoms with van der Waals surface area (Å²) >= 11 is 0. The lowest BCUT2D eigenvalue weighted by atomic mass is 10.0. The van der Waals surface area contributed by atoms with E-state index in [1.165, 1.54) is 7.11 Å². The fourth-order valence-corrected chi connectivity index (χ4v) is 3.99. The van der Waals surface area contributed by atoms with E-state index in [-0.39, 0.29) is 19.1 Å². The molecule has 0 saturated heterocycles.